The van der Waals surface area contributed by atoms with Crippen molar-refractivity contribution >= 4 is 21.6 Å². The topological polar surface area (TPSA) is 84.9 Å². The van der Waals surface area contributed by atoms with Crippen LogP contribution in [0.4, 0.5) is 5.69 Å². The molecule has 1 heterocycles. The second-order valence-corrected chi connectivity index (χ2v) is 8.62. The van der Waals surface area contributed by atoms with E-state index in [-0.39, 0.29) is 18.4 Å². The lowest BCUT2D eigenvalue weighted by atomic mass is 10.0. The standard InChI is InChI=1S/C20H24N2O5S/c1-15(16-6-4-3-5-7-16)13-21-20(23)14-22(28(2,24)25)17-8-9-18-19(12-17)27-11-10-26-18/h3-9,12,15H,10-11,13-14H2,1-2H3,(H,21,23). The van der Waals surface area contributed by atoms with E-state index in [9.17, 15) is 13.2 Å². The van der Waals surface area contributed by atoms with E-state index in [4.69, 9.17) is 9.47 Å². The molecule has 2 aromatic rings. The Morgan fingerprint density at radius 2 is 1.79 bits per heavy atom. The molecule has 1 aliphatic heterocycles. The Morgan fingerprint density at radius 1 is 1.11 bits per heavy atom. The summed E-state index contributed by atoms with van der Waals surface area (Å²) >= 11 is 0. The Bertz CT molecular complexity index is 931. The maximum atomic E-state index is 12.4. The third-order valence-corrected chi connectivity index (χ3v) is 5.62. The van der Waals surface area contributed by atoms with E-state index in [0.29, 0.717) is 36.9 Å². The van der Waals surface area contributed by atoms with Crippen molar-refractivity contribution in [3.8, 4) is 11.5 Å². The van der Waals surface area contributed by atoms with Gasteiger partial charge in [-0.05, 0) is 23.6 Å². The predicted molar refractivity (Wildman–Crippen MR) is 107 cm³/mol. The van der Waals surface area contributed by atoms with Crippen molar-refractivity contribution in [2.75, 3.05) is 36.9 Å². The van der Waals surface area contributed by atoms with E-state index in [1.165, 1.54) is 0 Å². The third kappa shape index (κ3) is 4.95. The van der Waals surface area contributed by atoms with Crippen molar-refractivity contribution in [1.29, 1.82) is 0 Å². The molecule has 7 nitrogen and oxygen atoms in total. The number of amides is 1. The van der Waals surface area contributed by atoms with Gasteiger partial charge in [0.05, 0.1) is 11.9 Å². The van der Waals surface area contributed by atoms with Gasteiger partial charge in [0.1, 0.15) is 19.8 Å². The third-order valence-electron chi connectivity index (χ3n) is 4.48. The van der Waals surface area contributed by atoms with Crippen LogP contribution in [0.2, 0.25) is 0 Å². The summed E-state index contributed by atoms with van der Waals surface area (Å²) in [6.07, 6.45) is 1.07. The van der Waals surface area contributed by atoms with Gasteiger partial charge < -0.3 is 14.8 Å². The molecular weight excluding hydrogens is 380 g/mol. The molecule has 0 aromatic heterocycles. The fraction of sp³-hybridized carbons (Fsp3) is 0.350. The first-order chi connectivity index (χ1) is 13.3. The van der Waals surface area contributed by atoms with Crippen LogP contribution in [-0.4, -0.2) is 46.9 Å². The summed E-state index contributed by atoms with van der Waals surface area (Å²) in [5.74, 6) is 0.773. The molecule has 0 bridgehead atoms. The highest BCUT2D eigenvalue weighted by Gasteiger charge is 2.23. The highest BCUT2D eigenvalue weighted by Crippen LogP contribution is 2.34. The Balaban J connectivity index is 1.68. The first-order valence-electron chi connectivity index (χ1n) is 9.03. The molecule has 1 N–H and O–H groups in total. The van der Waals surface area contributed by atoms with E-state index in [1.54, 1.807) is 18.2 Å². The van der Waals surface area contributed by atoms with Gasteiger partial charge in [0.25, 0.3) is 0 Å². The highest BCUT2D eigenvalue weighted by atomic mass is 32.2. The largest absolute Gasteiger partial charge is 0.486 e. The summed E-state index contributed by atoms with van der Waals surface area (Å²) < 4.78 is 36.6. The second-order valence-electron chi connectivity index (χ2n) is 6.71. The van der Waals surface area contributed by atoms with Crippen LogP contribution in [0.15, 0.2) is 48.5 Å². The van der Waals surface area contributed by atoms with Crippen LogP contribution < -0.4 is 19.1 Å². The average molecular weight is 404 g/mol. The molecule has 0 saturated carbocycles. The molecule has 150 valence electrons. The maximum absolute atomic E-state index is 12.4. The Morgan fingerprint density at radius 3 is 2.46 bits per heavy atom. The lowest BCUT2D eigenvalue weighted by molar-refractivity contribution is -0.119. The number of hydrogen-bond acceptors (Lipinski definition) is 5. The van der Waals surface area contributed by atoms with Crippen LogP contribution in [0, 0.1) is 0 Å². The van der Waals surface area contributed by atoms with E-state index >= 15 is 0 Å². The summed E-state index contributed by atoms with van der Waals surface area (Å²) in [7, 11) is -3.65. The van der Waals surface area contributed by atoms with Gasteiger partial charge in [0.2, 0.25) is 15.9 Å². The number of nitrogens with zero attached hydrogens (tertiary/aromatic N) is 1. The van der Waals surface area contributed by atoms with E-state index in [0.717, 1.165) is 16.1 Å². The first kappa shape index (κ1) is 20.0. The number of carbonyl (C=O) groups is 1. The van der Waals surface area contributed by atoms with Crippen molar-refractivity contribution in [1.82, 2.24) is 5.32 Å². The maximum Gasteiger partial charge on any atom is 0.240 e. The number of nitrogens with one attached hydrogen (secondary N) is 1. The molecule has 0 spiro atoms. The molecule has 8 heteroatoms. The molecule has 0 aliphatic carbocycles. The molecule has 2 aromatic carbocycles. The summed E-state index contributed by atoms with van der Waals surface area (Å²) in [5.41, 5.74) is 1.47. The van der Waals surface area contributed by atoms with Crippen LogP contribution in [0.3, 0.4) is 0 Å². The minimum atomic E-state index is -3.65. The van der Waals surface area contributed by atoms with Gasteiger partial charge in [0, 0.05) is 12.6 Å². The number of hydrogen-bond donors (Lipinski definition) is 1. The van der Waals surface area contributed by atoms with E-state index in [1.807, 2.05) is 37.3 Å². The monoisotopic (exact) mass is 404 g/mol. The van der Waals surface area contributed by atoms with Crippen LogP contribution >= 0.6 is 0 Å². The number of benzene rings is 2. The average Bonchev–Trinajstić information content (AvgIpc) is 2.69. The molecule has 0 fully saturated rings. The molecule has 3 rings (SSSR count). The number of anilines is 1. The van der Waals surface area contributed by atoms with Gasteiger partial charge in [-0.2, -0.15) is 0 Å². The summed E-state index contributed by atoms with van der Waals surface area (Å²) in [4.78, 5) is 12.4. The fourth-order valence-electron chi connectivity index (χ4n) is 2.94. The second kappa shape index (κ2) is 8.52. The lowest BCUT2D eigenvalue weighted by Crippen LogP contribution is -2.41. The van der Waals surface area contributed by atoms with Gasteiger partial charge in [-0.3, -0.25) is 9.10 Å². The highest BCUT2D eigenvalue weighted by molar-refractivity contribution is 7.92. The van der Waals surface area contributed by atoms with Crippen molar-refractivity contribution in [3.05, 3.63) is 54.1 Å². The summed E-state index contributed by atoms with van der Waals surface area (Å²) in [5, 5.41) is 2.81. The van der Waals surface area contributed by atoms with Gasteiger partial charge >= 0.3 is 0 Å². The van der Waals surface area contributed by atoms with Crippen molar-refractivity contribution in [2.45, 2.75) is 12.8 Å². The quantitative estimate of drug-likeness (QED) is 0.764. The normalized spacial score (nSPS) is 14.2. The van der Waals surface area contributed by atoms with E-state index < -0.39 is 10.0 Å². The first-order valence-corrected chi connectivity index (χ1v) is 10.9. The SMILES string of the molecule is CC(CNC(=O)CN(c1ccc2c(c1)OCCO2)S(C)(=O)=O)c1ccccc1. The number of rotatable bonds is 7. The Hall–Kier alpha value is -2.74. The lowest BCUT2D eigenvalue weighted by Gasteiger charge is -2.25. The fourth-order valence-corrected chi connectivity index (χ4v) is 3.79. The molecule has 28 heavy (non-hydrogen) atoms. The Labute approximate surface area is 165 Å². The van der Waals surface area contributed by atoms with Crippen LogP contribution in [0.25, 0.3) is 0 Å². The predicted octanol–water partition coefficient (Wildman–Crippen LogP) is 2.14. The number of fused-ring (bicyclic) bond motifs is 1. The number of ether oxygens (including phenoxy) is 2. The van der Waals surface area contributed by atoms with E-state index in [2.05, 4.69) is 5.32 Å². The number of carbonyl (C=O) groups excluding carboxylic acids is 1. The minimum absolute atomic E-state index is 0.117. The zero-order valence-electron chi connectivity index (χ0n) is 15.9. The molecule has 1 aliphatic rings. The van der Waals surface area contributed by atoms with Crippen LogP contribution in [0.1, 0.15) is 18.4 Å². The zero-order chi connectivity index (χ0) is 20.1. The molecular formula is C20H24N2O5S. The molecule has 0 radical (unpaired) electrons. The van der Waals surface area contributed by atoms with Crippen molar-refractivity contribution < 1.29 is 22.7 Å². The molecule has 0 saturated heterocycles. The van der Waals surface area contributed by atoms with Crippen LogP contribution in [0.5, 0.6) is 11.5 Å². The number of sulfonamides is 1. The van der Waals surface area contributed by atoms with Gasteiger partial charge in [-0.1, -0.05) is 37.3 Å². The van der Waals surface area contributed by atoms with Crippen molar-refractivity contribution in [3.63, 3.8) is 0 Å². The molecule has 1 atom stereocenters. The minimum Gasteiger partial charge on any atom is -0.486 e. The molecule has 1 unspecified atom stereocenters. The van der Waals surface area contributed by atoms with Crippen molar-refractivity contribution in [2.24, 2.45) is 0 Å². The molecule has 1 amide bonds. The van der Waals surface area contributed by atoms with Crippen LogP contribution in [-0.2, 0) is 14.8 Å². The zero-order valence-corrected chi connectivity index (χ0v) is 16.7. The Kier molecular flexibility index (Phi) is 6.08. The van der Waals surface area contributed by atoms with Gasteiger partial charge in [-0.15, -0.1) is 0 Å². The van der Waals surface area contributed by atoms with Gasteiger partial charge in [-0.25, -0.2) is 8.42 Å². The summed E-state index contributed by atoms with van der Waals surface area (Å²) in [6, 6.07) is 14.7. The smallest absolute Gasteiger partial charge is 0.240 e. The summed E-state index contributed by atoms with van der Waals surface area (Å²) in [6.45, 7) is 2.96. The van der Waals surface area contributed by atoms with Gasteiger partial charge in [0.15, 0.2) is 11.5 Å².